The number of anilines is 1. The SMILES string of the molecule is CCC(=O)Nc1c(C(=O)O)cccc1[Si](C)(O[Si](C)(C)C)O[Si](C)(C)C. The Morgan fingerprint density at radius 1 is 1.00 bits per heavy atom. The third-order valence-electron chi connectivity index (χ3n) is 3.37. The van der Waals surface area contributed by atoms with Crippen LogP contribution in [0.5, 0.6) is 0 Å². The Kier molecular flexibility index (Phi) is 7.16. The van der Waals surface area contributed by atoms with Crippen LogP contribution in [0, 0.1) is 0 Å². The van der Waals surface area contributed by atoms with Crippen molar-refractivity contribution < 1.29 is 22.9 Å². The number of hydrogen-bond acceptors (Lipinski definition) is 4. The summed E-state index contributed by atoms with van der Waals surface area (Å²) in [4.78, 5) is 23.8. The first-order valence-corrected chi connectivity index (χ1v) is 17.9. The molecule has 9 heteroatoms. The lowest BCUT2D eigenvalue weighted by atomic mass is 10.1. The molecule has 0 saturated carbocycles. The number of amides is 1. The van der Waals surface area contributed by atoms with Crippen LogP contribution in [0.15, 0.2) is 18.2 Å². The molecular formula is C17H31NO5Si3. The van der Waals surface area contributed by atoms with Gasteiger partial charge in [-0.1, -0.05) is 19.1 Å². The molecule has 0 spiro atoms. The summed E-state index contributed by atoms with van der Waals surface area (Å²) in [5, 5.41) is 13.1. The molecule has 0 radical (unpaired) electrons. The molecule has 1 aromatic rings. The van der Waals surface area contributed by atoms with E-state index in [-0.39, 0.29) is 17.9 Å². The Hall–Kier alpha value is -1.27. The third-order valence-corrected chi connectivity index (χ3v) is 12.8. The largest absolute Gasteiger partial charge is 0.478 e. The normalized spacial score (nSPS) is 12.8. The number of carbonyl (C=O) groups excluding carboxylic acids is 1. The zero-order valence-corrected chi connectivity index (χ0v) is 20.0. The van der Waals surface area contributed by atoms with Crippen LogP contribution in [0.1, 0.15) is 23.7 Å². The monoisotopic (exact) mass is 413 g/mol. The fourth-order valence-electron chi connectivity index (χ4n) is 2.77. The average Bonchev–Trinajstić information content (AvgIpc) is 2.42. The highest BCUT2D eigenvalue weighted by atomic mass is 28.5. The van der Waals surface area contributed by atoms with Gasteiger partial charge in [-0.05, 0) is 51.9 Å². The first-order chi connectivity index (χ1) is 11.7. The van der Waals surface area contributed by atoms with Crippen molar-refractivity contribution in [2.24, 2.45) is 0 Å². The van der Waals surface area contributed by atoms with Gasteiger partial charge >= 0.3 is 14.5 Å². The number of carbonyl (C=O) groups is 2. The molecule has 0 saturated heterocycles. The Morgan fingerprint density at radius 2 is 1.50 bits per heavy atom. The quantitative estimate of drug-likeness (QED) is 0.635. The summed E-state index contributed by atoms with van der Waals surface area (Å²) in [6.07, 6.45) is 0.259. The molecule has 0 heterocycles. The molecule has 0 unspecified atom stereocenters. The molecule has 2 N–H and O–H groups in total. The van der Waals surface area contributed by atoms with Gasteiger partial charge in [0.25, 0.3) is 0 Å². The maximum absolute atomic E-state index is 12.1. The second-order valence-electron chi connectivity index (χ2n) is 8.31. The van der Waals surface area contributed by atoms with Crippen molar-refractivity contribution in [1.29, 1.82) is 0 Å². The molecule has 0 aliphatic rings. The van der Waals surface area contributed by atoms with Crippen LogP contribution in [0.2, 0.25) is 45.8 Å². The smallest absolute Gasteiger partial charge is 0.350 e. The van der Waals surface area contributed by atoms with E-state index in [1.165, 1.54) is 6.07 Å². The Balaban J connectivity index is 3.65. The molecule has 1 rings (SSSR count). The predicted molar refractivity (Wildman–Crippen MR) is 112 cm³/mol. The van der Waals surface area contributed by atoms with E-state index in [1.807, 2.05) is 12.6 Å². The fourth-order valence-corrected chi connectivity index (χ4v) is 14.6. The average molecular weight is 414 g/mol. The van der Waals surface area contributed by atoms with Gasteiger partial charge in [0.15, 0.2) is 16.6 Å². The number of para-hydroxylation sites is 1. The number of carboxylic acid groups (broad SMARTS) is 1. The van der Waals surface area contributed by atoms with Crippen LogP contribution in [-0.4, -0.2) is 42.2 Å². The van der Waals surface area contributed by atoms with Gasteiger partial charge in [-0.15, -0.1) is 0 Å². The van der Waals surface area contributed by atoms with Crippen molar-refractivity contribution in [2.75, 3.05) is 5.32 Å². The highest BCUT2D eigenvalue weighted by Crippen LogP contribution is 2.25. The van der Waals surface area contributed by atoms with Crippen LogP contribution in [0.3, 0.4) is 0 Å². The summed E-state index contributed by atoms with van der Waals surface area (Å²) in [7, 11) is -6.94. The van der Waals surface area contributed by atoms with Gasteiger partial charge in [0, 0.05) is 11.6 Å². The van der Waals surface area contributed by atoms with Crippen molar-refractivity contribution in [2.45, 2.75) is 59.2 Å². The Labute approximate surface area is 159 Å². The maximum atomic E-state index is 12.1. The van der Waals surface area contributed by atoms with Crippen molar-refractivity contribution in [3.63, 3.8) is 0 Å². The molecule has 0 bridgehead atoms. The highest BCUT2D eigenvalue weighted by molar-refractivity contribution is 6.94. The number of benzene rings is 1. The van der Waals surface area contributed by atoms with Gasteiger partial charge in [0.2, 0.25) is 5.91 Å². The summed E-state index contributed by atoms with van der Waals surface area (Å²) in [5.74, 6) is -1.33. The van der Waals surface area contributed by atoms with E-state index in [9.17, 15) is 14.7 Å². The number of rotatable bonds is 8. The van der Waals surface area contributed by atoms with E-state index in [1.54, 1.807) is 13.0 Å². The molecule has 1 aromatic carbocycles. The molecule has 26 heavy (non-hydrogen) atoms. The molecule has 0 aliphatic heterocycles. The first-order valence-electron chi connectivity index (χ1n) is 8.75. The van der Waals surface area contributed by atoms with E-state index < -0.39 is 31.2 Å². The topological polar surface area (TPSA) is 84.9 Å². The molecule has 0 atom stereocenters. The van der Waals surface area contributed by atoms with Gasteiger partial charge in [-0.25, -0.2) is 4.79 Å². The lowest BCUT2D eigenvalue weighted by Gasteiger charge is -2.39. The van der Waals surface area contributed by atoms with Crippen LogP contribution >= 0.6 is 0 Å². The molecule has 1 amide bonds. The van der Waals surface area contributed by atoms with Crippen LogP contribution in [-0.2, 0) is 13.0 Å². The van der Waals surface area contributed by atoms with Crippen LogP contribution in [0.4, 0.5) is 5.69 Å². The van der Waals surface area contributed by atoms with Gasteiger partial charge in [0.05, 0.1) is 11.3 Å². The minimum Gasteiger partial charge on any atom is -0.478 e. The zero-order chi connectivity index (χ0) is 20.3. The van der Waals surface area contributed by atoms with Crippen molar-refractivity contribution >= 4 is 47.9 Å². The number of nitrogens with one attached hydrogen (secondary N) is 1. The molecule has 146 valence electrons. The number of aromatic carboxylic acids is 1. The molecule has 0 aliphatic carbocycles. The number of hydrogen-bond donors (Lipinski definition) is 2. The van der Waals surface area contributed by atoms with E-state index in [2.05, 4.69) is 44.6 Å². The highest BCUT2D eigenvalue weighted by Gasteiger charge is 2.44. The summed E-state index contributed by atoms with van der Waals surface area (Å²) in [5.41, 5.74) is 0.360. The summed E-state index contributed by atoms with van der Waals surface area (Å²) >= 11 is 0. The summed E-state index contributed by atoms with van der Waals surface area (Å²) in [6.45, 7) is 16.2. The van der Waals surface area contributed by atoms with E-state index in [0.29, 0.717) is 10.9 Å². The number of carboxylic acids is 1. The standard InChI is InChI=1S/C17H31NO5Si3/c1-9-15(19)18-16-13(17(20)21)11-10-12-14(16)26(8,22-24(2,3)4)23-25(5,6)7/h10-12H,9H2,1-8H3,(H,18,19)(H,20,21). The van der Waals surface area contributed by atoms with E-state index in [0.717, 1.165) is 0 Å². The summed E-state index contributed by atoms with van der Waals surface area (Å²) in [6, 6.07) is 5.01. The minimum atomic E-state index is -2.95. The van der Waals surface area contributed by atoms with E-state index >= 15 is 0 Å². The first kappa shape index (κ1) is 22.8. The lowest BCUT2D eigenvalue weighted by Crippen LogP contribution is -2.61. The third kappa shape index (κ3) is 6.47. The minimum absolute atomic E-state index is 0.0568. The van der Waals surface area contributed by atoms with Gasteiger partial charge in [-0.2, -0.15) is 0 Å². The Bertz CT molecular complexity index is 664. The molecular weight excluding hydrogens is 382 g/mol. The van der Waals surface area contributed by atoms with Crippen molar-refractivity contribution in [1.82, 2.24) is 0 Å². The van der Waals surface area contributed by atoms with Gasteiger partial charge in [-0.3, -0.25) is 4.79 Å². The van der Waals surface area contributed by atoms with E-state index in [4.69, 9.17) is 8.23 Å². The lowest BCUT2D eigenvalue weighted by molar-refractivity contribution is -0.115. The second kappa shape index (κ2) is 8.17. The van der Waals surface area contributed by atoms with Gasteiger partial charge in [0.1, 0.15) is 0 Å². The second-order valence-corrected chi connectivity index (χ2v) is 20.8. The predicted octanol–water partition coefficient (Wildman–Crippen LogP) is 3.72. The van der Waals surface area contributed by atoms with Crippen LogP contribution in [0.25, 0.3) is 0 Å². The van der Waals surface area contributed by atoms with Crippen molar-refractivity contribution in [3.05, 3.63) is 23.8 Å². The van der Waals surface area contributed by atoms with Gasteiger partial charge < -0.3 is 18.7 Å². The van der Waals surface area contributed by atoms with Crippen LogP contribution < -0.4 is 10.5 Å². The fraction of sp³-hybridized carbons (Fsp3) is 0.529. The molecule has 6 nitrogen and oxygen atoms in total. The van der Waals surface area contributed by atoms with Crippen molar-refractivity contribution in [3.8, 4) is 0 Å². The maximum Gasteiger partial charge on any atom is 0.350 e. The molecule has 0 aromatic heterocycles. The Morgan fingerprint density at radius 3 is 1.88 bits per heavy atom. The molecule has 0 fully saturated rings. The summed E-state index contributed by atoms with van der Waals surface area (Å²) < 4.78 is 13.0. The zero-order valence-electron chi connectivity index (χ0n) is 17.0.